The maximum absolute atomic E-state index is 12.1. The molecule has 2 aliphatic rings. The lowest BCUT2D eigenvalue weighted by molar-refractivity contribution is -0.130. The number of hydrogen-bond acceptors (Lipinski definition) is 6. The van der Waals surface area contributed by atoms with E-state index >= 15 is 0 Å². The quantitative estimate of drug-likeness (QED) is 0.281. The second-order valence-electron chi connectivity index (χ2n) is 5.36. The predicted molar refractivity (Wildman–Crippen MR) is 81.5 cm³/mol. The van der Waals surface area contributed by atoms with E-state index in [9.17, 15) is 14.4 Å². The fourth-order valence-electron chi connectivity index (χ4n) is 2.41. The lowest BCUT2D eigenvalue weighted by Gasteiger charge is -2.25. The van der Waals surface area contributed by atoms with Gasteiger partial charge in [0.1, 0.15) is 17.5 Å². The molecule has 0 spiro atoms. The Morgan fingerprint density at radius 1 is 1.41 bits per heavy atom. The van der Waals surface area contributed by atoms with E-state index in [2.05, 4.69) is 16.1 Å². The predicted octanol–water partition coefficient (Wildman–Crippen LogP) is -1.00. The summed E-state index contributed by atoms with van der Waals surface area (Å²) in [6.07, 6.45) is 3.87. The summed E-state index contributed by atoms with van der Waals surface area (Å²) in [5.41, 5.74) is 2.11. The molecule has 124 valence electrons. The molecule has 2 aliphatic heterocycles. The Bertz CT molecular complexity index is 428. The van der Waals surface area contributed by atoms with Gasteiger partial charge in [0.2, 0.25) is 11.8 Å². The van der Waals surface area contributed by atoms with Crippen molar-refractivity contribution in [2.45, 2.75) is 49.6 Å². The molecular formula is C13H22N4O4S. The molecule has 8 nitrogen and oxygen atoms in total. The van der Waals surface area contributed by atoms with Crippen molar-refractivity contribution >= 4 is 29.5 Å². The Morgan fingerprint density at radius 2 is 2.23 bits per heavy atom. The highest BCUT2D eigenvalue weighted by Gasteiger charge is 2.30. The number of hydrazine groups is 1. The molecule has 2 saturated heterocycles. The average molecular weight is 330 g/mol. The van der Waals surface area contributed by atoms with Crippen molar-refractivity contribution in [2.75, 3.05) is 12.4 Å². The fourth-order valence-corrected chi connectivity index (χ4v) is 3.58. The first kappa shape index (κ1) is 17.0. The van der Waals surface area contributed by atoms with Gasteiger partial charge in [-0.25, -0.2) is 5.84 Å². The maximum Gasteiger partial charge on any atom is 0.257 e. The summed E-state index contributed by atoms with van der Waals surface area (Å²) in [6.45, 7) is 0.728. The molecule has 0 saturated carbocycles. The van der Waals surface area contributed by atoms with Gasteiger partial charge in [0, 0.05) is 18.8 Å². The number of nitrogens with one attached hydrogen (secondary N) is 3. The van der Waals surface area contributed by atoms with Crippen LogP contribution < -0.4 is 21.9 Å². The standard InChI is InChI=1S/C13H22N4O4S/c14-17-13(20)9(7-22-11-3-1-2-6-21-11)16-12(19)8-4-5-10(18)15-8/h8-9,11H,1-7,14H2,(H,15,18)(H,16,19)(H,17,20)/t8-,9-,11+/m1/s1. The molecule has 0 aromatic carbocycles. The molecule has 2 rings (SSSR count). The molecule has 2 heterocycles. The van der Waals surface area contributed by atoms with Crippen molar-refractivity contribution in [3.05, 3.63) is 0 Å². The zero-order chi connectivity index (χ0) is 15.9. The van der Waals surface area contributed by atoms with Crippen molar-refractivity contribution in [1.82, 2.24) is 16.1 Å². The van der Waals surface area contributed by atoms with Crippen LogP contribution in [0.5, 0.6) is 0 Å². The van der Waals surface area contributed by atoms with Crippen LogP contribution in [0.4, 0.5) is 0 Å². The van der Waals surface area contributed by atoms with E-state index < -0.39 is 18.0 Å². The Kier molecular flexibility index (Phi) is 6.47. The number of thioether (sulfide) groups is 1. The third-order valence-corrected chi connectivity index (χ3v) is 4.94. The smallest absolute Gasteiger partial charge is 0.257 e. The summed E-state index contributed by atoms with van der Waals surface area (Å²) in [5, 5.41) is 5.22. The molecule has 0 aliphatic carbocycles. The highest BCUT2D eigenvalue weighted by atomic mass is 32.2. The van der Waals surface area contributed by atoms with Gasteiger partial charge < -0.3 is 15.4 Å². The highest BCUT2D eigenvalue weighted by Crippen LogP contribution is 2.23. The third kappa shape index (κ3) is 4.85. The SMILES string of the molecule is NNC(=O)[C@@H](CS[C@H]1CCCCO1)NC(=O)[C@H]1CCC(=O)N1. The van der Waals surface area contributed by atoms with Crippen LogP contribution >= 0.6 is 11.8 Å². The Labute approximate surface area is 133 Å². The largest absolute Gasteiger partial charge is 0.368 e. The van der Waals surface area contributed by atoms with E-state index in [4.69, 9.17) is 10.6 Å². The zero-order valence-electron chi connectivity index (χ0n) is 12.3. The van der Waals surface area contributed by atoms with Crippen molar-refractivity contribution in [3.63, 3.8) is 0 Å². The van der Waals surface area contributed by atoms with Crippen LogP contribution in [0.3, 0.4) is 0 Å². The van der Waals surface area contributed by atoms with Gasteiger partial charge in [-0.15, -0.1) is 11.8 Å². The maximum atomic E-state index is 12.1. The number of carbonyl (C=O) groups excluding carboxylic acids is 3. The van der Waals surface area contributed by atoms with Gasteiger partial charge in [-0.1, -0.05) is 0 Å². The van der Waals surface area contributed by atoms with Gasteiger partial charge in [-0.2, -0.15) is 0 Å². The Balaban J connectivity index is 1.84. The van der Waals surface area contributed by atoms with Crippen molar-refractivity contribution < 1.29 is 19.1 Å². The van der Waals surface area contributed by atoms with E-state index in [1.165, 1.54) is 11.8 Å². The molecule has 2 fully saturated rings. The summed E-state index contributed by atoms with van der Waals surface area (Å²) in [5.74, 6) is 4.58. The van der Waals surface area contributed by atoms with Gasteiger partial charge in [0.15, 0.2) is 0 Å². The second kappa shape index (κ2) is 8.35. The topological polar surface area (TPSA) is 123 Å². The van der Waals surface area contributed by atoms with Crippen LogP contribution in [0.15, 0.2) is 0 Å². The fraction of sp³-hybridized carbons (Fsp3) is 0.769. The van der Waals surface area contributed by atoms with E-state index in [1.807, 2.05) is 0 Å². The Morgan fingerprint density at radius 3 is 2.82 bits per heavy atom. The van der Waals surface area contributed by atoms with Crippen molar-refractivity contribution in [2.24, 2.45) is 5.84 Å². The number of hydrogen-bond donors (Lipinski definition) is 4. The molecule has 0 aromatic heterocycles. The van der Waals surface area contributed by atoms with E-state index in [0.717, 1.165) is 25.9 Å². The van der Waals surface area contributed by atoms with Gasteiger partial charge in [0.25, 0.3) is 5.91 Å². The first-order chi connectivity index (χ1) is 10.6. The van der Waals surface area contributed by atoms with Crippen LogP contribution in [0, 0.1) is 0 Å². The normalized spacial score (nSPS) is 26.1. The molecule has 5 N–H and O–H groups in total. The minimum absolute atomic E-state index is 0.0462. The first-order valence-corrected chi connectivity index (χ1v) is 8.48. The minimum Gasteiger partial charge on any atom is -0.368 e. The summed E-state index contributed by atoms with van der Waals surface area (Å²) >= 11 is 1.49. The molecule has 9 heteroatoms. The van der Waals surface area contributed by atoms with Crippen LogP contribution in [0.1, 0.15) is 32.1 Å². The Hall–Kier alpha value is -1.32. The van der Waals surface area contributed by atoms with Crippen LogP contribution in [0.2, 0.25) is 0 Å². The van der Waals surface area contributed by atoms with Crippen molar-refractivity contribution in [1.29, 1.82) is 0 Å². The summed E-state index contributed by atoms with van der Waals surface area (Å²) in [6, 6.07) is -1.32. The number of ether oxygens (including phenoxy) is 1. The highest BCUT2D eigenvalue weighted by molar-refractivity contribution is 7.99. The van der Waals surface area contributed by atoms with Crippen LogP contribution in [-0.2, 0) is 19.1 Å². The van der Waals surface area contributed by atoms with Crippen LogP contribution in [-0.4, -0.2) is 47.6 Å². The molecular weight excluding hydrogens is 308 g/mol. The molecule has 0 unspecified atom stereocenters. The first-order valence-electron chi connectivity index (χ1n) is 7.43. The monoisotopic (exact) mass is 330 g/mol. The summed E-state index contributed by atoms with van der Waals surface area (Å²) in [4.78, 5) is 35.0. The molecule has 0 aromatic rings. The number of carbonyl (C=O) groups is 3. The lowest BCUT2D eigenvalue weighted by atomic mass is 10.2. The number of rotatable bonds is 6. The van der Waals surface area contributed by atoms with E-state index in [1.54, 1.807) is 0 Å². The zero-order valence-corrected chi connectivity index (χ0v) is 13.1. The number of amides is 3. The van der Waals surface area contributed by atoms with Crippen molar-refractivity contribution in [3.8, 4) is 0 Å². The molecule has 3 amide bonds. The minimum atomic E-state index is -0.745. The number of nitrogens with two attached hydrogens (primary N) is 1. The molecule has 22 heavy (non-hydrogen) atoms. The molecule has 3 atom stereocenters. The third-order valence-electron chi connectivity index (χ3n) is 3.67. The van der Waals surface area contributed by atoms with Gasteiger partial charge >= 0.3 is 0 Å². The second-order valence-corrected chi connectivity index (χ2v) is 6.55. The van der Waals surface area contributed by atoms with E-state index in [0.29, 0.717) is 18.6 Å². The molecule has 0 radical (unpaired) electrons. The molecule has 0 bridgehead atoms. The average Bonchev–Trinajstić information content (AvgIpc) is 2.98. The van der Waals surface area contributed by atoms with E-state index in [-0.39, 0.29) is 17.3 Å². The van der Waals surface area contributed by atoms with Crippen LogP contribution in [0.25, 0.3) is 0 Å². The summed E-state index contributed by atoms with van der Waals surface area (Å²) < 4.78 is 5.59. The lowest BCUT2D eigenvalue weighted by Crippen LogP contribution is -2.54. The van der Waals surface area contributed by atoms with Gasteiger partial charge in [0.05, 0.1) is 0 Å². The van der Waals surface area contributed by atoms with Gasteiger partial charge in [-0.3, -0.25) is 19.8 Å². The summed E-state index contributed by atoms with van der Waals surface area (Å²) in [7, 11) is 0. The van der Waals surface area contributed by atoms with Gasteiger partial charge in [-0.05, 0) is 25.7 Å².